The van der Waals surface area contributed by atoms with Crippen LogP contribution in [0.3, 0.4) is 0 Å². The van der Waals surface area contributed by atoms with Crippen molar-refractivity contribution in [2.24, 2.45) is 0 Å². The molecule has 1 amide bonds. The Balaban J connectivity index is 1.87. The van der Waals surface area contributed by atoms with E-state index in [1.165, 1.54) is 17.7 Å². The lowest BCUT2D eigenvalue weighted by molar-refractivity contribution is -0.124. The maximum Gasteiger partial charge on any atom is 0.342 e. The van der Waals surface area contributed by atoms with E-state index in [0.29, 0.717) is 0 Å². The summed E-state index contributed by atoms with van der Waals surface area (Å²) in [6, 6.07) is 12.4. The number of amides is 1. The van der Waals surface area contributed by atoms with Gasteiger partial charge in [-0.25, -0.2) is 4.79 Å². The van der Waals surface area contributed by atoms with E-state index >= 15 is 0 Å². The summed E-state index contributed by atoms with van der Waals surface area (Å²) in [6.07, 6.45) is 0.961. The number of esters is 1. The number of ether oxygens (including phenoxy) is 1. The van der Waals surface area contributed by atoms with Gasteiger partial charge in [-0.1, -0.05) is 37.3 Å². The van der Waals surface area contributed by atoms with Crippen LogP contribution in [-0.2, 0) is 16.0 Å². The lowest BCUT2D eigenvalue weighted by Gasteiger charge is -2.15. The lowest BCUT2D eigenvalue weighted by atomic mass is 10.1. The summed E-state index contributed by atoms with van der Waals surface area (Å²) in [5.41, 5.74) is 3.08. The Labute approximate surface area is 147 Å². The van der Waals surface area contributed by atoms with Gasteiger partial charge >= 0.3 is 5.97 Å². The van der Waals surface area contributed by atoms with Crippen molar-refractivity contribution in [2.45, 2.75) is 33.2 Å². The number of benzene rings is 2. The molecule has 25 heavy (non-hydrogen) atoms. The Morgan fingerprint density at radius 3 is 2.44 bits per heavy atom. The summed E-state index contributed by atoms with van der Waals surface area (Å²) in [4.78, 5) is 23.9. The van der Waals surface area contributed by atoms with Crippen LogP contribution in [-0.4, -0.2) is 23.6 Å². The van der Waals surface area contributed by atoms with Crippen molar-refractivity contribution in [1.82, 2.24) is 5.32 Å². The molecule has 0 aliphatic carbocycles. The van der Waals surface area contributed by atoms with Crippen molar-refractivity contribution in [1.29, 1.82) is 0 Å². The van der Waals surface area contributed by atoms with Gasteiger partial charge < -0.3 is 15.2 Å². The van der Waals surface area contributed by atoms with Crippen LogP contribution < -0.4 is 5.32 Å². The molecule has 0 heterocycles. The Hall–Kier alpha value is -2.82. The molecule has 2 aromatic carbocycles. The van der Waals surface area contributed by atoms with Gasteiger partial charge in [0, 0.05) is 0 Å². The summed E-state index contributed by atoms with van der Waals surface area (Å²) in [7, 11) is 0. The molecule has 0 spiro atoms. The molecule has 0 aliphatic rings. The summed E-state index contributed by atoms with van der Waals surface area (Å²) >= 11 is 0. The Kier molecular flexibility index (Phi) is 6.17. The first kappa shape index (κ1) is 18.5. The standard InChI is InChI=1S/C20H23NO4/c1-4-15-6-8-16(9-7-15)14(3)21-19(23)12-25-20(24)17-10-5-13(2)11-18(17)22/h5-11,14,22H,4,12H2,1-3H3,(H,21,23)/t14-/m1/s1. The van der Waals surface area contributed by atoms with Gasteiger partial charge in [-0.15, -0.1) is 0 Å². The minimum atomic E-state index is -0.729. The molecule has 1 atom stereocenters. The second kappa shape index (κ2) is 8.33. The maximum atomic E-state index is 12.0. The Bertz CT molecular complexity index is 753. The number of phenolic OH excluding ortho intramolecular Hbond substituents is 1. The van der Waals surface area contributed by atoms with Crippen molar-refractivity contribution in [3.8, 4) is 5.75 Å². The molecule has 0 unspecified atom stereocenters. The highest BCUT2D eigenvalue weighted by molar-refractivity contribution is 5.94. The summed E-state index contributed by atoms with van der Waals surface area (Å²) < 4.78 is 4.97. The minimum absolute atomic E-state index is 0.0432. The summed E-state index contributed by atoms with van der Waals surface area (Å²) in [5, 5.41) is 12.5. The third-order valence-electron chi connectivity index (χ3n) is 3.97. The number of rotatable bonds is 6. The molecule has 0 radical (unpaired) electrons. The van der Waals surface area contributed by atoms with E-state index in [2.05, 4.69) is 12.2 Å². The van der Waals surface area contributed by atoms with Gasteiger partial charge in [0.05, 0.1) is 6.04 Å². The van der Waals surface area contributed by atoms with Crippen LogP contribution >= 0.6 is 0 Å². The van der Waals surface area contributed by atoms with Crippen molar-refractivity contribution in [3.63, 3.8) is 0 Å². The van der Waals surface area contributed by atoms with Gasteiger partial charge in [-0.2, -0.15) is 0 Å². The molecule has 0 saturated carbocycles. The van der Waals surface area contributed by atoms with Gasteiger partial charge in [0.15, 0.2) is 6.61 Å². The summed E-state index contributed by atoms with van der Waals surface area (Å²) in [6.45, 7) is 5.35. The number of carbonyl (C=O) groups excluding carboxylic acids is 2. The highest BCUT2D eigenvalue weighted by atomic mass is 16.5. The average molecular weight is 341 g/mol. The molecule has 5 heteroatoms. The average Bonchev–Trinajstić information content (AvgIpc) is 2.59. The zero-order valence-electron chi connectivity index (χ0n) is 14.7. The van der Waals surface area contributed by atoms with Crippen LogP contribution in [0.15, 0.2) is 42.5 Å². The van der Waals surface area contributed by atoms with E-state index in [1.54, 1.807) is 13.0 Å². The first-order chi connectivity index (χ1) is 11.9. The fraction of sp³-hybridized carbons (Fsp3) is 0.300. The van der Waals surface area contributed by atoms with Gasteiger partial charge in [0.2, 0.25) is 0 Å². The molecule has 0 fully saturated rings. The minimum Gasteiger partial charge on any atom is -0.507 e. The van der Waals surface area contributed by atoms with Crippen LogP contribution in [0.1, 0.15) is 46.9 Å². The number of nitrogens with one attached hydrogen (secondary N) is 1. The predicted molar refractivity (Wildman–Crippen MR) is 95.5 cm³/mol. The quantitative estimate of drug-likeness (QED) is 0.791. The second-order valence-corrected chi connectivity index (χ2v) is 5.98. The molecule has 2 aromatic rings. The Morgan fingerprint density at radius 2 is 1.84 bits per heavy atom. The van der Waals surface area contributed by atoms with E-state index in [9.17, 15) is 14.7 Å². The SMILES string of the molecule is CCc1ccc([C@@H](C)NC(=O)COC(=O)c2ccc(C)cc2O)cc1. The molecule has 0 aromatic heterocycles. The van der Waals surface area contributed by atoms with E-state index in [1.807, 2.05) is 31.2 Å². The highest BCUT2D eigenvalue weighted by Gasteiger charge is 2.15. The van der Waals surface area contributed by atoms with Crippen molar-refractivity contribution < 1.29 is 19.4 Å². The number of aryl methyl sites for hydroxylation is 2. The largest absolute Gasteiger partial charge is 0.507 e. The van der Waals surface area contributed by atoms with Crippen LogP contribution in [0, 0.1) is 6.92 Å². The van der Waals surface area contributed by atoms with Gasteiger partial charge in [-0.3, -0.25) is 4.79 Å². The van der Waals surface area contributed by atoms with E-state index < -0.39 is 18.5 Å². The Morgan fingerprint density at radius 1 is 1.16 bits per heavy atom. The first-order valence-corrected chi connectivity index (χ1v) is 8.25. The van der Waals surface area contributed by atoms with Crippen LogP contribution in [0.25, 0.3) is 0 Å². The molecule has 2 rings (SSSR count). The number of carbonyl (C=O) groups is 2. The lowest BCUT2D eigenvalue weighted by Crippen LogP contribution is -2.31. The number of hydrogen-bond donors (Lipinski definition) is 2. The highest BCUT2D eigenvalue weighted by Crippen LogP contribution is 2.19. The topological polar surface area (TPSA) is 75.6 Å². The van der Waals surface area contributed by atoms with Crippen LogP contribution in [0.4, 0.5) is 0 Å². The molecule has 0 aliphatic heterocycles. The van der Waals surface area contributed by atoms with Gasteiger partial charge in [-0.05, 0) is 49.1 Å². The predicted octanol–water partition coefficient (Wildman–Crippen LogP) is 3.30. The second-order valence-electron chi connectivity index (χ2n) is 5.98. The molecular formula is C20H23NO4. The normalized spacial score (nSPS) is 11.6. The maximum absolute atomic E-state index is 12.0. The van der Waals surface area contributed by atoms with E-state index in [0.717, 1.165) is 17.5 Å². The fourth-order valence-electron chi connectivity index (χ4n) is 2.43. The third kappa shape index (κ3) is 5.08. The zero-order valence-corrected chi connectivity index (χ0v) is 14.7. The number of aromatic hydroxyl groups is 1. The zero-order chi connectivity index (χ0) is 18.4. The van der Waals surface area contributed by atoms with Crippen molar-refractivity contribution in [2.75, 3.05) is 6.61 Å². The summed E-state index contributed by atoms with van der Waals surface area (Å²) in [5.74, 6) is -1.28. The molecular weight excluding hydrogens is 318 g/mol. The molecule has 5 nitrogen and oxygen atoms in total. The van der Waals surface area contributed by atoms with E-state index in [4.69, 9.17) is 4.74 Å². The number of phenols is 1. The fourth-order valence-corrected chi connectivity index (χ4v) is 2.43. The van der Waals surface area contributed by atoms with Crippen molar-refractivity contribution >= 4 is 11.9 Å². The smallest absolute Gasteiger partial charge is 0.342 e. The number of hydrogen-bond acceptors (Lipinski definition) is 4. The molecule has 2 N–H and O–H groups in total. The molecule has 0 bridgehead atoms. The first-order valence-electron chi connectivity index (χ1n) is 8.25. The molecule has 0 saturated heterocycles. The van der Waals surface area contributed by atoms with Gasteiger partial charge in [0.25, 0.3) is 5.91 Å². The van der Waals surface area contributed by atoms with Crippen molar-refractivity contribution in [3.05, 3.63) is 64.7 Å². The van der Waals surface area contributed by atoms with Crippen LogP contribution in [0.2, 0.25) is 0 Å². The third-order valence-corrected chi connectivity index (χ3v) is 3.97. The van der Waals surface area contributed by atoms with Gasteiger partial charge in [0.1, 0.15) is 11.3 Å². The monoisotopic (exact) mass is 341 g/mol. The van der Waals surface area contributed by atoms with Crippen LogP contribution in [0.5, 0.6) is 5.75 Å². The van der Waals surface area contributed by atoms with E-state index in [-0.39, 0.29) is 17.4 Å². The molecule has 132 valence electrons.